The Kier molecular flexibility index (Phi) is 4.85. The van der Waals surface area contributed by atoms with Crippen LogP contribution in [0.4, 0.5) is 11.4 Å². The lowest BCUT2D eigenvalue weighted by Gasteiger charge is -2.28. The SMILES string of the molecule is O=C1[C@@H]2[C@@H](c3cccc(Br)c3)N(c3ccccc3)O[C@H]2C(=O)N1c1ccc(Cl)cc1. The number of anilines is 2. The maximum atomic E-state index is 13.5. The minimum atomic E-state index is -0.891. The maximum absolute atomic E-state index is 13.5. The predicted molar refractivity (Wildman–Crippen MR) is 118 cm³/mol. The van der Waals surface area contributed by atoms with Crippen LogP contribution in [-0.2, 0) is 14.4 Å². The number of hydrogen-bond donors (Lipinski definition) is 0. The van der Waals surface area contributed by atoms with E-state index >= 15 is 0 Å². The number of imide groups is 1. The first-order valence-electron chi connectivity index (χ1n) is 9.44. The fraction of sp³-hybridized carbons (Fsp3) is 0.130. The van der Waals surface area contributed by atoms with Crippen LogP contribution in [0.25, 0.3) is 0 Å². The molecule has 150 valence electrons. The lowest BCUT2D eigenvalue weighted by atomic mass is 9.90. The normalized spacial score (nSPS) is 23.2. The van der Waals surface area contributed by atoms with E-state index in [9.17, 15) is 9.59 Å². The van der Waals surface area contributed by atoms with E-state index in [2.05, 4.69) is 15.9 Å². The van der Waals surface area contributed by atoms with Gasteiger partial charge in [0, 0.05) is 9.50 Å². The number of benzene rings is 3. The van der Waals surface area contributed by atoms with Gasteiger partial charge in [0.1, 0.15) is 5.92 Å². The molecular formula is C23H16BrClN2O3. The number of nitrogens with zero attached hydrogens (tertiary/aromatic N) is 2. The fourth-order valence-electron chi connectivity index (χ4n) is 4.09. The number of carbonyl (C=O) groups excluding carboxylic acids is 2. The van der Waals surface area contributed by atoms with Crippen LogP contribution in [0.2, 0.25) is 5.02 Å². The van der Waals surface area contributed by atoms with Gasteiger partial charge in [0.05, 0.1) is 17.4 Å². The number of rotatable bonds is 3. The maximum Gasteiger partial charge on any atom is 0.266 e. The lowest BCUT2D eigenvalue weighted by Crippen LogP contribution is -2.37. The van der Waals surface area contributed by atoms with Gasteiger partial charge in [0.2, 0.25) is 5.91 Å². The highest BCUT2D eigenvalue weighted by Gasteiger charge is 2.60. The number of hydroxylamine groups is 1. The van der Waals surface area contributed by atoms with E-state index in [-0.39, 0.29) is 11.8 Å². The Morgan fingerprint density at radius 1 is 0.833 bits per heavy atom. The standard InChI is InChI=1S/C23H16BrClN2O3/c24-15-6-4-5-14(13-15)20-19-21(30-27(20)18-7-2-1-3-8-18)23(29)26(22(19)28)17-11-9-16(25)10-12-17/h1-13,19-21H/t19-,20-,21-/m1/s1. The highest BCUT2D eigenvalue weighted by atomic mass is 79.9. The van der Waals surface area contributed by atoms with Crippen molar-refractivity contribution in [1.29, 1.82) is 0 Å². The summed E-state index contributed by atoms with van der Waals surface area (Å²) in [6, 6.07) is 23.5. The summed E-state index contributed by atoms with van der Waals surface area (Å²) < 4.78 is 0.891. The zero-order valence-corrected chi connectivity index (χ0v) is 18.0. The molecule has 3 aromatic carbocycles. The van der Waals surface area contributed by atoms with Gasteiger partial charge < -0.3 is 0 Å². The minimum absolute atomic E-state index is 0.282. The summed E-state index contributed by atoms with van der Waals surface area (Å²) in [7, 11) is 0. The number of hydrogen-bond acceptors (Lipinski definition) is 4. The predicted octanol–water partition coefficient (Wildman–Crippen LogP) is 5.15. The Labute approximate surface area is 186 Å². The summed E-state index contributed by atoms with van der Waals surface area (Å²) in [4.78, 5) is 34.0. The van der Waals surface area contributed by atoms with E-state index in [1.165, 1.54) is 4.90 Å². The van der Waals surface area contributed by atoms with Crippen LogP contribution < -0.4 is 9.96 Å². The van der Waals surface area contributed by atoms with Crippen molar-refractivity contribution < 1.29 is 14.4 Å². The first-order chi connectivity index (χ1) is 14.5. The third-order valence-corrected chi connectivity index (χ3v) is 6.15. The Morgan fingerprint density at radius 2 is 1.57 bits per heavy atom. The number of amides is 2. The number of carbonyl (C=O) groups is 2. The first kappa shape index (κ1) is 19.3. The van der Waals surface area contributed by atoms with Crippen molar-refractivity contribution in [2.24, 2.45) is 5.92 Å². The first-order valence-corrected chi connectivity index (χ1v) is 10.6. The quantitative estimate of drug-likeness (QED) is 0.483. The van der Waals surface area contributed by atoms with E-state index in [1.54, 1.807) is 29.3 Å². The molecule has 5 nitrogen and oxygen atoms in total. The summed E-state index contributed by atoms with van der Waals surface area (Å²) in [5.41, 5.74) is 2.17. The van der Waals surface area contributed by atoms with Crippen LogP contribution in [0.3, 0.4) is 0 Å². The second-order valence-electron chi connectivity index (χ2n) is 7.20. The van der Waals surface area contributed by atoms with Gasteiger partial charge >= 0.3 is 0 Å². The second kappa shape index (κ2) is 7.54. The molecule has 7 heteroatoms. The van der Waals surface area contributed by atoms with Gasteiger partial charge in [0.15, 0.2) is 6.10 Å². The van der Waals surface area contributed by atoms with Gasteiger partial charge in [-0.1, -0.05) is 57.9 Å². The molecule has 5 rings (SSSR count). The molecule has 2 aliphatic rings. The summed E-state index contributed by atoms with van der Waals surface area (Å²) >= 11 is 9.47. The summed E-state index contributed by atoms with van der Waals surface area (Å²) in [5.74, 6) is -1.32. The van der Waals surface area contributed by atoms with Crippen LogP contribution in [0.1, 0.15) is 11.6 Å². The highest BCUT2D eigenvalue weighted by Crippen LogP contribution is 2.47. The van der Waals surface area contributed by atoms with Gasteiger partial charge in [-0.05, 0) is 54.1 Å². The zero-order valence-electron chi connectivity index (χ0n) is 15.6. The lowest BCUT2D eigenvalue weighted by molar-refractivity contribution is -0.126. The van der Waals surface area contributed by atoms with Gasteiger partial charge in [-0.2, -0.15) is 0 Å². The average molecular weight is 484 g/mol. The monoisotopic (exact) mass is 482 g/mol. The van der Waals surface area contributed by atoms with E-state index < -0.39 is 18.1 Å². The molecule has 0 aliphatic carbocycles. The van der Waals surface area contributed by atoms with E-state index in [0.29, 0.717) is 10.7 Å². The Bertz CT molecular complexity index is 1120. The van der Waals surface area contributed by atoms with Gasteiger partial charge in [-0.15, -0.1) is 0 Å². The Hall–Kier alpha value is -2.67. The van der Waals surface area contributed by atoms with Crippen molar-refractivity contribution in [1.82, 2.24) is 0 Å². The van der Waals surface area contributed by atoms with Crippen molar-refractivity contribution in [3.63, 3.8) is 0 Å². The molecule has 2 heterocycles. The van der Waals surface area contributed by atoms with Crippen LogP contribution >= 0.6 is 27.5 Å². The van der Waals surface area contributed by atoms with Crippen LogP contribution in [-0.4, -0.2) is 17.9 Å². The van der Waals surface area contributed by atoms with Gasteiger partial charge in [0.25, 0.3) is 5.91 Å². The molecule has 2 amide bonds. The van der Waals surface area contributed by atoms with Crippen molar-refractivity contribution in [3.05, 3.63) is 93.9 Å². The van der Waals surface area contributed by atoms with Crippen molar-refractivity contribution >= 4 is 50.7 Å². The topological polar surface area (TPSA) is 49.9 Å². The van der Waals surface area contributed by atoms with Crippen LogP contribution in [0, 0.1) is 5.92 Å². The van der Waals surface area contributed by atoms with Crippen LogP contribution in [0.15, 0.2) is 83.3 Å². The summed E-state index contributed by atoms with van der Waals surface area (Å²) in [6.45, 7) is 0. The third-order valence-electron chi connectivity index (χ3n) is 5.40. The molecule has 0 radical (unpaired) electrons. The average Bonchev–Trinajstić information content (AvgIpc) is 3.26. The minimum Gasteiger partial charge on any atom is -0.273 e. The van der Waals surface area contributed by atoms with Crippen molar-refractivity contribution in [3.8, 4) is 0 Å². The van der Waals surface area contributed by atoms with Crippen LogP contribution in [0.5, 0.6) is 0 Å². The fourth-order valence-corrected chi connectivity index (χ4v) is 4.63. The molecule has 0 spiro atoms. The van der Waals surface area contributed by atoms with Crippen molar-refractivity contribution in [2.45, 2.75) is 12.1 Å². The molecule has 3 aromatic rings. The van der Waals surface area contributed by atoms with Gasteiger partial charge in [-0.3, -0.25) is 14.4 Å². The molecule has 0 saturated carbocycles. The van der Waals surface area contributed by atoms with E-state index in [0.717, 1.165) is 15.7 Å². The highest BCUT2D eigenvalue weighted by molar-refractivity contribution is 9.10. The zero-order chi connectivity index (χ0) is 20.8. The summed E-state index contributed by atoms with van der Waals surface area (Å²) in [5, 5.41) is 2.23. The second-order valence-corrected chi connectivity index (χ2v) is 8.55. The molecule has 0 bridgehead atoms. The molecule has 30 heavy (non-hydrogen) atoms. The third kappa shape index (κ3) is 3.12. The molecule has 2 fully saturated rings. The molecule has 2 aliphatic heterocycles. The summed E-state index contributed by atoms with van der Waals surface area (Å²) in [6.07, 6.45) is -0.891. The Morgan fingerprint density at radius 3 is 2.27 bits per heavy atom. The largest absolute Gasteiger partial charge is 0.273 e. The molecular weight excluding hydrogens is 468 g/mol. The number of para-hydroxylation sites is 1. The van der Waals surface area contributed by atoms with Crippen molar-refractivity contribution in [2.75, 3.05) is 9.96 Å². The molecule has 2 saturated heterocycles. The Balaban J connectivity index is 1.59. The smallest absolute Gasteiger partial charge is 0.266 e. The van der Waals surface area contributed by atoms with E-state index in [4.69, 9.17) is 16.4 Å². The number of halogens is 2. The van der Waals surface area contributed by atoms with Gasteiger partial charge in [-0.25, -0.2) is 9.96 Å². The molecule has 0 unspecified atom stereocenters. The number of fused-ring (bicyclic) bond motifs is 1. The molecule has 0 aromatic heterocycles. The molecule has 3 atom stereocenters. The van der Waals surface area contributed by atoms with E-state index in [1.807, 2.05) is 54.6 Å². The molecule has 0 N–H and O–H groups in total.